The van der Waals surface area contributed by atoms with Crippen LogP contribution in [0.15, 0.2) is 0 Å². The summed E-state index contributed by atoms with van der Waals surface area (Å²) in [5, 5.41) is 0. The molecule has 122 valence electrons. The molecule has 0 radical (unpaired) electrons. The summed E-state index contributed by atoms with van der Waals surface area (Å²) in [6.07, 6.45) is 6.79. The van der Waals surface area contributed by atoms with Crippen LogP contribution in [0.25, 0.3) is 0 Å². The number of nitrogens with two attached hydrogens (primary N) is 1. The maximum atomic E-state index is 6.45. The Morgan fingerprint density at radius 2 is 1.62 bits per heavy atom. The first kappa shape index (κ1) is 15.8. The van der Waals surface area contributed by atoms with Crippen LogP contribution in [0.1, 0.15) is 52.9 Å². The van der Waals surface area contributed by atoms with Gasteiger partial charge < -0.3 is 10.6 Å². The van der Waals surface area contributed by atoms with Gasteiger partial charge in [-0.25, -0.2) is 0 Å². The molecule has 3 heteroatoms. The number of piperazine rings is 1. The largest absolute Gasteiger partial charge is 0.327 e. The molecule has 2 N–H and O–H groups in total. The monoisotopic (exact) mass is 293 g/mol. The Labute approximate surface area is 131 Å². The molecule has 3 atom stereocenters. The van der Waals surface area contributed by atoms with E-state index in [1.54, 1.807) is 0 Å². The van der Waals surface area contributed by atoms with Crippen molar-refractivity contribution in [2.24, 2.45) is 23.0 Å². The standard InChI is InChI=1S/C18H35N3/c1-18(2,3)15-4-7-17(19)14(12-15)13-20-8-10-21(11-9-20)16-5-6-16/h14-17H,4-13,19H2,1-3H3. The molecule has 3 aliphatic rings. The van der Waals surface area contributed by atoms with Crippen LogP contribution >= 0.6 is 0 Å². The topological polar surface area (TPSA) is 32.5 Å². The van der Waals surface area contributed by atoms with Crippen molar-refractivity contribution in [1.29, 1.82) is 0 Å². The average Bonchev–Trinajstić information content (AvgIpc) is 3.25. The molecule has 0 aromatic heterocycles. The highest BCUT2D eigenvalue weighted by Crippen LogP contribution is 2.40. The highest BCUT2D eigenvalue weighted by atomic mass is 15.3. The fourth-order valence-corrected chi connectivity index (χ4v) is 4.37. The van der Waals surface area contributed by atoms with E-state index in [9.17, 15) is 0 Å². The Hall–Kier alpha value is -0.120. The summed E-state index contributed by atoms with van der Waals surface area (Å²) in [5.41, 5.74) is 6.90. The van der Waals surface area contributed by atoms with Crippen LogP contribution in [0.3, 0.4) is 0 Å². The fourth-order valence-electron chi connectivity index (χ4n) is 4.37. The van der Waals surface area contributed by atoms with E-state index >= 15 is 0 Å². The molecule has 1 heterocycles. The summed E-state index contributed by atoms with van der Waals surface area (Å²) < 4.78 is 0. The van der Waals surface area contributed by atoms with E-state index in [4.69, 9.17) is 5.73 Å². The van der Waals surface area contributed by atoms with Crippen LogP contribution < -0.4 is 5.73 Å². The van der Waals surface area contributed by atoms with Crippen LogP contribution in [-0.4, -0.2) is 54.6 Å². The van der Waals surface area contributed by atoms with Crippen molar-refractivity contribution in [2.75, 3.05) is 32.7 Å². The van der Waals surface area contributed by atoms with E-state index in [0.717, 1.165) is 17.9 Å². The van der Waals surface area contributed by atoms with Crippen molar-refractivity contribution in [3.05, 3.63) is 0 Å². The van der Waals surface area contributed by atoms with Crippen LogP contribution in [0, 0.1) is 17.3 Å². The Morgan fingerprint density at radius 3 is 2.19 bits per heavy atom. The van der Waals surface area contributed by atoms with Gasteiger partial charge in [-0.2, -0.15) is 0 Å². The molecule has 1 aliphatic heterocycles. The molecule has 3 rings (SSSR count). The number of nitrogens with zero attached hydrogens (tertiary/aromatic N) is 2. The molecule has 2 aliphatic carbocycles. The van der Waals surface area contributed by atoms with Crippen molar-refractivity contribution in [3.63, 3.8) is 0 Å². The van der Waals surface area contributed by atoms with E-state index in [0.29, 0.717) is 11.5 Å². The molecule has 1 saturated heterocycles. The number of hydrogen-bond acceptors (Lipinski definition) is 3. The summed E-state index contributed by atoms with van der Waals surface area (Å²) in [6, 6.07) is 1.37. The number of hydrogen-bond donors (Lipinski definition) is 1. The molecule has 0 amide bonds. The van der Waals surface area contributed by atoms with Gasteiger partial charge in [-0.15, -0.1) is 0 Å². The molecule has 21 heavy (non-hydrogen) atoms. The molecule has 0 spiro atoms. The quantitative estimate of drug-likeness (QED) is 0.868. The van der Waals surface area contributed by atoms with Crippen LogP contribution in [0.2, 0.25) is 0 Å². The van der Waals surface area contributed by atoms with Crippen molar-refractivity contribution in [1.82, 2.24) is 9.80 Å². The average molecular weight is 293 g/mol. The lowest BCUT2D eigenvalue weighted by Gasteiger charge is -2.43. The van der Waals surface area contributed by atoms with Gasteiger partial charge in [-0.05, 0) is 49.4 Å². The van der Waals surface area contributed by atoms with Gasteiger partial charge in [0.15, 0.2) is 0 Å². The predicted molar refractivity (Wildman–Crippen MR) is 89.3 cm³/mol. The van der Waals surface area contributed by atoms with Crippen LogP contribution in [-0.2, 0) is 0 Å². The van der Waals surface area contributed by atoms with Crippen molar-refractivity contribution in [2.45, 2.75) is 65.0 Å². The van der Waals surface area contributed by atoms with Gasteiger partial charge in [0, 0.05) is 44.8 Å². The highest BCUT2D eigenvalue weighted by molar-refractivity contribution is 4.91. The summed E-state index contributed by atoms with van der Waals surface area (Å²) in [5.74, 6) is 1.57. The second-order valence-electron chi connectivity index (χ2n) is 8.87. The maximum absolute atomic E-state index is 6.45. The summed E-state index contributed by atoms with van der Waals surface area (Å²) >= 11 is 0. The zero-order valence-electron chi connectivity index (χ0n) is 14.4. The van der Waals surface area contributed by atoms with Gasteiger partial charge in [-0.3, -0.25) is 4.90 Å². The first-order chi connectivity index (χ1) is 9.93. The van der Waals surface area contributed by atoms with Gasteiger partial charge >= 0.3 is 0 Å². The smallest absolute Gasteiger partial charge is 0.0113 e. The lowest BCUT2D eigenvalue weighted by Crippen LogP contribution is -2.51. The summed E-state index contributed by atoms with van der Waals surface area (Å²) in [7, 11) is 0. The minimum absolute atomic E-state index is 0.435. The molecule has 0 aromatic rings. The zero-order valence-corrected chi connectivity index (χ0v) is 14.4. The molecule has 3 fully saturated rings. The first-order valence-electron chi connectivity index (χ1n) is 9.15. The predicted octanol–water partition coefficient (Wildman–Crippen LogP) is 2.56. The third kappa shape index (κ3) is 4.00. The number of rotatable bonds is 3. The molecule has 3 unspecified atom stereocenters. The van der Waals surface area contributed by atoms with Gasteiger partial charge in [0.05, 0.1) is 0 Å². The van der Waals surface area contributed by atoms with Crippen molar-refractivity contribution < 1.29 is 0 Å². The third-order valence-corrected chi connectivity index (χ3v) is 6.23. The summed E-state index contributed by atoms with van der Waals surface area (Å²) in [4.78, 5) is 5.39. The van der Waals surface area contributed by atoms with Crippen molar-refractivity contribution >= 4 is 0 Å². The molecular weight excluding hydrogens is 258 g/mol. The normalized spacial score (nSPS) is 36.9. The van der Waals surface area contributed by atoms with E-state index in [1.807, 2.05) is 0 Å². The van der Waals surface area contributed by atoms with Gasteiger partial charge in [0.1, 0.15) is 0 Å². The van der Waals surface area contributed by atoms with E-state index < -0.39 is 0 Å². The lowest BCUT2D eigenvalue weighted by atomic mass is 9.67. The molecule has 0 bridgehead atoms. The minimum Gasteiger partial charge on any atom is -0.327 e. The van der Waals surface area contributed by atoms with E-state index in [2.05, 4.69) is 30.6 Å². The molecule has 0 aromatic carbocycles. The van der Waals surface area contributed by atoms with Crippen LogP contribution in [0.5, 0.6) is 0 Å². The second-order valence-corrected chi connectivity index (χ2v) is 8.87. The Morgan fingerprint density at radius 1 is 0.952 bits per heavy atom. The van der Waals surface area contributed by atoms with Crippen LogP contribution in [0.4, 0.5) is 0 Å². The van der Waals surface area contributed by atoms with Gasteiger partial charge in [0.2, 0.25) is 0 Å². The van der Waals surface area contributed by atoms with Gasteiger partial charge in [0.25, 0.3) is 0 Å². The summed E-state index contributed by atoms with van der Waals surface area (Å²) in [6.45, 7) is 13.6. The van der Waals surface area contributed by atoms with E-state index in [1.165, 1.54) is 64.8 Å². The Bertz CT molecular complexity index is 337. The highest BCUT2D eigenvalue weighted by Gasteiger charge is 2.36. The minimum atomic E-state index is 0.435. The Balaban J connectivity index is 1.49. The lowest BCUT2D eigenvalue weighted by molar-refractivity contribution is 0.0707. The maximum Gasteiger partial charge on any atom is 0.0113 e. The molecule has 3 nitrogen and oxygen atoms in total. The molecular formula is C18H35N3. The Kier molecular flexibility index (Phi) is 4.63. The zero-order chi connectivity index (χ0) is 15.0. The molecule has 2 saturated carbocycles. The fraction of sp³-hybridized carbons (Fsp3) is 1.00. The van der Waals surface area contributed by atoms with E-state index in [-0.39, 0.29) is 0 Å². The van der Waals surface area contributed by atoms with Crippen molar-refractivity contribution in [3.8, 4) is 0 Å². The third-order valence-electron chi connectivity index (χ3n) is 6.23. The van der Waals surface area contributed by atoms with Gasteiger partial charge in [-0.1, -0.05) is 20.8 Å². The second kappa shape index (κ2) is 6.17. The SMILES string of the molecule is CC(C)(C)C1CCC(N)C(CN2CCN(C3CC3)CC2)C1. The first-order valence-corrected chi connectivity index (χ1v) is 9.15.